The molecule has 1 aliphatic rings. The molecule has 2 aromatic rings. The van der Waals surface area contributed by atoms with E-state index in [1.165, 1.54) is 6.92 Å². The SMILES string of the molecule is CC(=O)N1c2ccc(S(=O)(=O)c3ccc(C)cc3)cc2C(C)=CC1(C)C. The van der Waals surface area contributed by atoms with E-state index >= 15 is 0 Å². The molecule has 0 saturated carbocycles. The maximum Gasteiger partial charge on any atom is 0.224 e. The van der Waals surface area contributed by atoms with Gasteiger partial charge in [-0.2, -0.15) is 0 Å². The first kappa shape index (κ1) is 18.4. The molecule has 0 N–H and O–H groups in total. The number of rotatable bonds is 2. The summed E-state index contributed by atoms with van der Waals surface area (Å²) in [6, 6.07) is 11.8. The van der Waals surface area contributed by atoms with E-state index in [0.717, 1.165) is 22.4 Å². The molecule has 4 nitrogen and oxygen atoms in total. The van der Waals surface area contributed by atoms with Crippen LogP contribution in [0, 0.1) is 6.92 Å². The molecule has 0 atom stereocenters. The highest BCUT2D eigenvalue weighted by molar-refractivity contribution is 7.91. The van der Waals surface area contributed by atoms with Crippen LogP contribution in [-0.2, 0) is 14.6 Å². The highest BCUT2D eigenvalue weighted by atomic mass is 32.2. The Morgan fingerprint density at radius 2 is 1.54 bits per heavy atom. The van der Waals surface area contributed by atoms with Gasteiger partial charge in [0.25, 0.3) is 0 Å². The van der Waals surface area contributed by atoms with Crippen molar-refractivity contribution in [2.24, 2.45) is 0 Å². The molecule has 26 heavy (non-hydrogen) atoms. The van der Waals surface area contributed by atoms with Gasteiger partial charge in [-0.25, -0.2) is 8.42 Å². The zero-order chi connectivity index (χ0) is 19.3. The second-order valence-electron chi connectivity index (χ2n) is 7.33. The number of amides is 1. The summed E-state index contributed by atoms with van der Waals surface area (Å²) >= 11 is 0. The Morgan fingerprint density at radius 3 is 2.12 bits per heavy atom. The second-order valence-corrected chi connectivity index (χ2v) is 9.28. The number of hydrogen-bond donors (Lipinski definition) is 0. The van der Waals surface area contributed by atoms with Crippen molar-refractivity contribution >= 4 is 27.0 Å². The highest BCUT2D eigenvalue weighted by Crippen LogP contribution is 2.40. The van der Waals surface area contributed by atoms with Gasteiger partial charge in [-0.05, 0) is 63.6 Å². The zero-order valence-corrected chi connectivity index (χ0v) is 16.5. The first-order chi connectivity index (χ1) is 12.0. The maximum absolute atomic E-state index is 13.0. The summed E-state index contributed by atoms with van der Waals surface area (Å²) < 4.78 is 26.0. The van der Waals surface area contributed by atoms with E-state index in [2.05, 4.69) is 0 Å². The quantitative estimate of drug-likeness (QED) is 0.789. The van der Waals surface area contributed by atoms with E-state index < -0.39 is 15.4 Å². The van der Waals surface area contributed by atoms with Crippen LogP contribution < -0.4 is 4.90 Å². The molecule has 136 valence electrons. The van der Waals surface area contributed by atoms with Crippen molar-refractivity contribution in [3.05, 3.63) is 59.7 Å². The standard InChI is InChI=1S/C21H23NO3S/c1-14-6-8-17(9-7-14)26(24,25)18-10-11-20-19(12-18)15(2)13-21(4,5)22(20)16(3)23/h6-13H,1-5H3. The van der Waals surface area contributed by atoms with Gasteiger partial charge in [0.05, 0.1) is 21.0 Å². The van der Waals surface area contributed by atoms with Crippen LogP contribution in [0.15, 0.2) is 58.3 Å². The number of fused-ring (bicyclic) bond motifs is 1. The Morgan fingerprint density at radius 1 is 0.962 bits per heavy atom. The lowest BCUT2D eigenvalue weighted by molar-refractivity contribution is -0.117. The number of aryl methyl sites for hydroxylation is 1. The van der Waals surface area contributed by atoms with Crippen LogP contribution in [0.2, 0.25) is 0 Å². The molecule has 1 aliphatic heterocycles. The van der Waals surface area contributed by atoms with Crippen molar-refractivity contribution in [2.45, 2.75) is 49.9 Å². The first-order valence-electron chi connectivity index (χ1n) is 8.50. The van der Waals surface area contributed by atoms with Crippen LogP contribution >= 0.6 is 0 Å². The molecular formula is C21H23NO3S. The van der Waals surface area contributed by atoms with Gasteiger partial charge in [-0.1, -0.05) is 23.8 Å². The number of nitrogens with zero attached hydrogens (tertiary/aromatic N) is 1. The van der Waals surface area contributed by atoms with Gasteiger partial charge in [0, 0.05) is 12.5 Å². The molecule has 2 aromatic carbocycles. The fraction of sp³-hybridized carbons (Fsp3) is 0.286. The molecule has 1 heterocycles. The van der Waals surface area contributed by atoms with Crippen molar-refractivity contribution < 1.29 is 13.2 Å². The summed E-state index contributed by atoms with van der Waals surface area (Å²) in [5.41, 5.74) is 3.02. The Kier molecular flexibility index (Phi) is 4.31. The lowest BCUT2D eigenvalue weighted by atomic mass is 9.89. The summed E-state index contributed by atoms with van der Waals surface area (Å²) in [5.74, 6) is -0.0749. The van der Waals surface area contributed by atoms with Crippen LogP contribution in [0.3, 0.4) is 0 Å². The molecule has 0 unspecified atom stereocenters. The average Bonchev–Trinajstić information content (AvgIpc) is 2.53. The fourth-order valence-electron chi connectivity index (χ4n) is 3.60. The predicted molar refractivity (Wildman–Crippen MR) is 104 cm³/mol. The minimum absolute atomic E-state index is 0.0749. The molecule has 0 saturated heterocycles. The second kappa shape index (κ2) is 6.09. The highest BCUT2D eigenvalue weighted by Gasteiger charge is 2.34. The third kappa shape index (κ3) is 2.97. The number of sulfone groups is 1. The molecule has 0 bridgehead atoms. The summed E-state index contributed by atoms with van der Waals surface area (Å²) in [6.45, 7) is 9.33. The number of carbonyl (C=O) groups excluding carboxylic acids is 1. The van der Waals surface area contributed by atoms with Crippen molar-refractivity contribution in [3.8, 4) is 0 Å². The van der Waals surface area contributed by atoms with Crippen molar-refractivity contribution in [3.63, 3.8) is 0 Å². The van der Waals surface area contributed by atoms with E-state index in [1.807, 2.05) is 33.8 Å². The molecule has 1 amide bonds. The van der Waals surface area contributed by atoms with E-state index in [0.29, 0.717) is 0 Å². The minimum atomic E-state index is -3.61. The van der Waals surface area contributed by atoms with Gasteiger partial charge < -0.3 is 4.90 Å². The Hall–Kier alpha value is -2.40. The number of benzene rings is 2. The van der Waals surface area contributed by atoms with Crippen molar-refractivity contribution in [1.29, 1.82) is 0 Å². The summed E-state index contributed by atoms with van der Waals surface area (Å²) in [4.78, 5) is 14.4. The van der Waals surface area contributed by atoms with Crippen molar-refractivity contribution in [1.82, 2.24) is 0 Å². The Labute approximate surface area is 155 Å². The molecule has 5 heteroatoms. The largest absolute Gasteiger partial charge is 0.303 e. The van der Waals surface area contributed by atoms with E-state index in [-0.39, 0.29) is 15.7 Å². The fourth-order valence-corrected chi connectivity index (χ4v) is 4.89. The lowest BCUT2D eigenvalue weighted by Crippen LogP contribution is -2.47. The van der Waals surface area contributed by atoms with Gasteiger partial charge in [0.2, 0.25) is 15.7 Å². The molecule has 0 spiro atoms. The van der Waals surface area contributed by atoms with Crippen LogP contribution in [0.25, 0.3) is 5.57 Å². The normalized spacial score (nSPS) is 16.0. The number of anilines is 1. The van der Waals surface area contributed by atoms with E-state index in [1.54, 1.807) is 47.4 Å². The summed E-state index contributed by atoms with van der Waals surface area (Å²) in [6.07, 6.45) is 2.00. The Bertz CT molecular complexity index is 1020. The third-order valence-corrected chi connectivity index (χ3v) is 6.50. The number of allylic oxidation sites excluding steroid dienone is 1. The van der Waals surface area contributed by atoms with Crippen LogP contribution in [0.5, 0.6) is 0 Å². The smallest absolute Gasteiger partial charge is 0.224 e. The Balaban J connectivity index is 2.16. The van der Waals surface area contributed by atoms with Crippen molar-refractivity contribution in [2.75, 3.05) is 4.90 Å². The average molecular weight is 369 g/mol. The van der Waals surface area contributed by atoms with Crippen LogP contribution in [0.1, 0.15) is 38.8 Å². The summed E-state index contributed by atoms with van der Waals surface area (Å²) in [7, 11) is -3.61. The summed E-state index contributed by atoms with van der Waals surface area (Å²) in [5, 5.41) is 0. The first-order valence-corrected chi connectivity index (χ1v) is 9.99. The number of hydrogen-bond acceptors (Lipinski definition) is 3. The molecule has 0 fully saturated rings. The topological polar surface area (TPSA) is 54.5 Å². The maximum atomic E-state index is 13.0. The molecule has 3 rings (SSSR count). The van der Waals surface area contributed by atoms with Gasteiger partial charge >= 0.3 is 0 Å². The van der Waals surface area contributed by atoms with E-state index in [9.17, 15) is 13.2 Å². The number of carbonyl (C=O) groups is 1. The van der Waals surface area contributed by atoms with Crippen LogP contribution in [-0.4, -0.2) is 19.9 Å². The molecule has 0 aromatic heterocycles. The minimum Gasteiger partial charge on any atom is -0.303 e. The van der Waals surface area contributed by atoms with Crippen LogP contribution in [0.4, 0.5) is 5.69 Å². The molecule has 0 aliphatic carbocycles. The van der Waals surface area contributed by atoms with Gasteiger partial charge in [0.15, 0.2) is 0 Å². The van der Waals surface area contributed by atoms with Gasteiger partial charge in [-0.3, -0.25) is 4.79 Å². The molecular weight excluding hydrogens is 346 g/mol. The third-order valence-electron chi connectivity index (χ3n) is 4.74. The predicted octanol–water partition coefficient (Wildman–Crippen LogP) is 4.38. The van der Waals surface area contributed by atoms with Gasteiger partial charge in [-0.15, -0.1) is 0 Å². The van der Waals surface area contributed by atoms with Gasteiger partial charge in [0.1, 0.15) is 0 Å². The zero-order valence-electron chi connectivity index (χ0n) is 15.7. The molecule has 0 radical (unpaired) electrons. The lowest BCUT2D eigenvalue weighted by Gasteiger charge is -2.41. The van der Waals surface area contributed by atoms with E-state index in [4.69, 9.17) is 0 Å². The monoisotopic (exact) mass is 369 g/mol.